The quantitative estimate of drug-likeness (QED) is 0.457. The van der Waals surface area contributed by atoms with E-state index < -0.39 is 17.1 Å². The van der Waals surface area contributed by atoms with Gasteiger partial charge in [0.05, 0.1) is 11.5 Å². The molecule has 0 amide bonds. The number of aliphatic hydroxyl groups is 1. The SMILES string of the molecule is CCCCC[C@]1([N+](=O)[O-])CC[C@@](C)(O)[C@@H](C(C)=O)C1. The summed E-state index contributed by atoms with van der Waals surface area (Å²) in [6.45, 7) is 5.10. The van der Waals surface area contributed by atoms with Crippen LogP contribution in [-0.4, -0.2) is 27.0 Å². The van der Waals surface area contributed by atoms with Crippen molar-refractivity contribution in [3.63, 3.8) is 0 Å². The second kappa shape index (κ2) is 5.99. The summed E-state index contributed by atoms with van der Waals surface area (Å²) >= 11 is 0. The minimum absolute atomic E-state index is 0.147. The predicted molar refractivity (Wildman–Crippen MR) is 72.5 cm³/mol. The number of Topliss-reactive ketones (excluding diaryl/α,β-unsaturated/α-hetero) is 1. The molecule has 0 aromatic heterocycles. The molecule has 0 bridgehead atoms. The van der Waals surface area contributed by atoms with E-state index in [1.807, 2.05) is 0 Å². The van der Waals surface area contributed by atoms with Crippen LogP contribution in [-0.2, 0) is 4.79 Å². The highest BCUT2D eigenvalue weighted by Crippen LogP contribution is 2.43. The van der Waals surface area contributed by atoms with Crippen LogP contribution in [0.2, 0.25) is 0 Å². The van der Waals surface area contributed by atoms with Gasteiger partial charge < -0.3 is 5.11 Å². The molecule has 0 saturated heterocycles. The molecule has 0 radical (unpaired) electrons. The summed E-state index contributed by atoms with van der Waals surface area (Å²) in [6, 6.07) is 0. The van der Waals surface area contributed by atoms with Crippen LogP contribution in [0.25, 0.3) is 0 Å². The molecule has 1 fully saturated rings. The van der Waals surface area contributed by atoms with E-state index in [4.69, 9.17) is 0 Å². The Labute approximate surface area is 114 Å². The molecule has 0 unspecified atom stereocenters. The summed E-state index contributed by atoms with van der Waals surface area (Å²) in [7, 11) is 0. The predicted octanol–water partition coefficient (Wildman–Crippen LogP) is 2.72. The number of nitrogens with zero attached hydrogens (tertiary/aromatic N) is 1. The fourth-order valence-electron chi connectivity index (χ4n) is 3.13. The second-order valence-corrected chi connectivity index (χ2v) is 6.16. The highest BCUT2D eigenvalue weighted by Gasteiger charge is 2.54. The minimum Gasteiger partial charge on any atom is -0.389 e. The molecular formula is C14H25NO4. The summed E-state index contributed by atoms with van der Waals surface area (Å²) in [5.41, 5.74) is -2.12. The number of ketones is 1. The van der Waals surface area contributed by atoms with Gasteiger partial charge in [-0.25, -0.2) is 0 Å². The van der Waals surface area contributed by atoms with E-state index in [0.717, 1.165) is 19.3 Å². The zero-order valence-electron chi connectivity index (χ0n) is 12.1. The Hall–Kier alpha value is -0.970. The third kappa shape index (κ3) is 3.53. The van der Waals surface area contributed by atoms with Crippen molar-refractivity contribution in [2.24, 2.45) is 5.92 Å². The molecule has 0 aliphatic heterocycles. The lowest BCUT2D eigenvalue weighted by Crippen LogP contribution is -2.53. The molecule has 0 aromatic rings. The van der Waals surface area contributed by atoms with Gasteiger partial charge in [-0.2, -0.15) is 0 Å². The van der Waals surface area contributed by atoms with E-state index >= 15 is 0 Å². The summed E-state index contributed by atoms with van der Waals surface area (Å²) in [5, 5.41) is 21.7. The Kier molecular flexibility index (Phi) is 5.07. The summed E-state index contributed by atoms with van der Waals surface area (Å²) in [6.07, 6.45) is 4.16. The maximum Gasteiger partial charge on any atom is 0.223 e. The first-order valence-electron chi connectivity index (χ1n) is 7.12. The molecule has 1 rings (SSSR count). The van der Waals surface area contributed by atoms with E-state index in [-0.39, 0.29) is 17.1 Å². The van der Waals surface area contributed by atoms with Gasteiger partial charge in [-0.05, 0) is 26.7 Å². The van der Waals surface area contributed by atoms with Gasteiger partial charge in [0.2, 0.25) is 5.54 Å². The van der Waals surface area contributed by atoms with Crippen LogP contribution < -0.4 is 0 Å². The summed E-state index contributed by atoms with van der Waals surface area (Å²) in [4.78, 5) is 22.9. The lowest BCUT2D eigenvalue weighted by molar-refractivity contribution is -0.579. The maximum absolute atomic E-state index is 11.7. The number of nitro groups is 1. The molecule has 0 heterocycles. The third-order valence-electron chi connectivity index (χ3n) is 4.55. The molecule has 110 valence electrons. The van der Waals surface area contributed by atoms with Gasteiger partial charge in [0.15, 0.2) is 0 Å². The normalized spacial score (nSPS) is 35.1. The van der Waals surface area contributed by atoms with Crippen molar-refractivity contribution in [3.05, 3.63) is 10.1 Å². The number of hydrogen-bond donors (Lipinski definition) is 1. The van der Waals surface area contributed by atoms with E-state index in [9.17, 15) is 20.0 Å². The molecule has 1 aliphatic rings. The molecular weight excluding hydrogens is 246 g/mol. The van der Waals surface area contributed by atoms with Crippen molar-refractivity contribution in [1.82, 2.24) is 0 Å². The van der Waals surface area contributed by atoms with E-state index in [1.165, 1.54) is 6.92 Å². The molecule has 19 heavy (non-hydrogen) atoms. The molecule has 5 nitrogen and oxygen atoms in total. The van der Waals surface area contributed by atoms with Gasteiger partial charge in [-0.1, -0.05) is 19.8 Å². The van der Waals surface area contributed by atoms with Gasteiger partial charge in [0.1, 0.15) is 5.78 Å². The third-order valence-corrected chi connectivity index (χ3v) is 4.55. The molecule has 0 aromatic carbocycles. The minimum atomic E-state index is -1.10. The van der Waals surface area contributed by atoms with Gasteiger partial charge in [0, 0.05) is 24.2 Å². The molecule has 1 saturated carbocycles. The lowest BCUT2D eigenvalue weighted by Gasteiger charge is -2.42. The van der Waals surface area contributed by atoms with Crippen molar-refractivity contribution >= 4 is 5.78 Å². The fraction of sp³-hybridized carbons (Fsp3) is 0.929. The highest BCUT2D eigenvalue weighted by molar-refractivity contribution is 5.79. The van der Waals surface area contributed by atoms with Gasteiger partial charge in [-0.15, -0.1) is 0 Å². The van der Waals surface area contributed by atoms with Crippen LogP contribution in [0.5, 0.6) is 0 Å². The molecule has 5 heteroatoms. The van der Waals surface area contributed by atoms with Crippen LogP contribution in [0, 0.1) is 16.0 Å². The average molecular weight is 271 g/mol. The molecule has 0 spiro atoms. The molecule has 3 atom stereocenters. The van der Waals surface area contributed by atoms with Crippen molar-refractivity contribution in [2.75, 3.05) is 0 Å². The van der Waals surface area contributed by atoms with Crippen molar-refractivity contribution in [1.29, 1.82) is 0 Å². The Balaban J connectivity index is 2.89. The van der Waals surface area contributed by atoms with Gasteiger partial charge in [0.25, 0.3) is 0 Å². The monoisotopic (exact) mass is 271 g/mol. The van der Waals surface area contributed by atoms with Crippen LogP contribution in [0.15, 0.2) is 0 Å². The van der Waals surface area contributed by atoms with Crippen molar-refractivity contribution in [2.45, 2.75) is 76.9 Å². The van der Waals surface area contributed by atoms with Crippen LogP contribution >= 0.6 is 0 Å². The van der Waals surface area contributed by atoms with Crippen molar-refractivity contribution < 1.29 is 14.8 Å². The zero-order valence-corrected chi connectivity index (χ0v) is 12.1. The van der Waals surface area contributed by atoms with Crippen LogP contribution in [0.1, 0.15) is 65.7 Å². The second-order valence-electron chi connectivity index (χ2n) is 6.16. The summed E-state index contributed by atoms with van der Waals surface area (Å²) in [5.74, 6) is -0.764. The van der Waals surface area contributed by atoms with E-state index in [1.54, 1.807) is 6.92 Å². The lowest BCUT2D eigenvalue weighted by atomic mass is 9.65. The number of rotatable bonds is 6. The van der Waals surface area contributed by atoms with E-state index in [2.05, 4.69) is 6.92 Å². The highest BCUT2D eigenvalue weighted by atomic mass is 16.6. The number of unbranched alkanes of at least 4 members (excludes halogenated alkanes) is 2. The molecule has 1 N–H and O–H groups in total. The van der Waals surface area contributed by atoms with Crippen molar-refractivity contribution in [3.8, 4) is 0 Å². The van der Waals surface area contributed by atoms with Crippen LogP contribution in [0.3, 0.4) is 0 Å². The number of carbonyl (C=O) groups excluding carboxylic acids is 1. The Morgan fingerprint density at radius 2 is 2.05 bits per heavy atom. The molecule has 1 aliphatic carbocycles. The Morgan fingerprint density at radius 1 is 1.42 bits per heavy atom. The van der Waals surface area contributed by atoms with Gasteiger partial charge >= 0.3 is 0 Å². The topological polar surface area (TPSA) is 80.4 Å². The first-order chi connectivity index (χ1) is 8.75. The average Bonchev–Trinajstić information content (AvgIpc) is 2.30. The fourth-order valence-corrected chi connectivity index (χ4v) is 3.13. The van der Waals surface area contributed by atoms with Gasteiger partial charge in [-0.3, -0.25) is 14.9 Å². The number of carbonyl (C=O) groups is 1. The smallest absolute Gasteiger partial charge is 0.223 e. The first kappa shape index (κ1) is 16.1. The Morgan fingerprint density at radius 3 is 2.53 bits per heavy atom. The first-order valence-corrected chi connectivity index (χ1v) is 7.12. The van der Waals surface area contributed by atoms with Crippen LogP contribution in [0.4, 0.5) is 0 Å². The summed E-state index contributed by atoms with van der Waals surface area (Å²) < 4.78 is 0. The zero-order chi connectivity index (χ0) is 14.7. The standard InChI is InChI=1S/C14H25NO4/c1-4-5-6-7-14(15(18)19)9-8-13(3,17)12(10-14)11(2)16/h12,17H,4-10H2,1-3H3/t12-,13-,14+/m1/s1. The number of hydrogen-bond acceptors (Lipinski definition) is 4. The maximum atomic E-state index is 11.7. The largest absolute Gasteiger partial charge is 0.389 e. The Bertz CT molecular complexity index is 353. The van der Waals surface area contributed by atoms with E-state index in [0.29, 0.717) is 19.3 Å².